The summed E-state index contributed by atoms with van der Waals surface area (Å²) in [5, 5.41) is 4.70. The largest absolute Gasteiger partial charge is 0.497 e. The van der Waals surface area contributed by atoms with Gasteiger partial charge in [0, 0.05) is 23.2 Å². The van der Waals surface area contributed by atoms with Gasteiger partial charge in [-0.3, -0.25) is 4.99 Å². The summed E-state index contributed by atoms with van der Waals surface area (Å²) in [6.45, 7) is 3.52. The summed E-state index contributed by atoms with van der Waals surface area (Å²) < 4.78 is 5.19. The second-order valence-electron chi connectivity index (χ2n) is 5.58. The smallest absolute Gasteiger partial charge is 0.139 e. The van der Waals surface area contributed by atoms with E-state index in [9.17, 15) is 0 Å². The van der Waals surface area contributed by atoms with Crippen LogP contribution in [-0.2, 0) is 13.1 Å². The number of hydrogen-bond acceptors (Lipinski definition) is 5. The fraction of sp³-hybridized carbons (Fsp3) is 0.222. The summed E-state index contributed by atoms with van der Waals surface area (Å²) in [7, 11) is 1.68. The Morgan fingerprint density at radius 1 is 1.17 bits per heavy atom. The van der Waals surface area contributed by atoms with Crippen molar-refractivity contribution in [2.24, 2.45) is 4.99 Å². The summed E-state index contributed by atoms with van der Waals surface area (Å²) in [5.74, 6) is 1.86. The van der Waals surface area contributed by atoms with Gasteiger partial charge in [-0.25, -0.2) is 4.98 Å². The van der Waals surface area contributed by atoms with E-state index in [0.29, 0.717) is 0 Å². The van der Waals surface area contributed by atoms with E-state index in [1.807, 2.05) is 19.1 Å². The molecule has 0 unspecified atom stereocenters. The zero-order valence-corrected chi connectivity index (χ0v) is 13.9. The first-order valence-corrected chi connectivity index (χ1v) is 8.37. The highest BCUT2D eigenvalue weighted by Crippen LogP contribution is 2.34. The molecule has 3 heterocycles. The van der Waals surface area contributed by atoms with Crippen molar-refractivity contribution in [3.63, 3.8) is 0 Å². The van der Waals surface area contributed by atoms with Crippen molar-refractivity contribution in [1.29, 1.82) is 0 Å². The minimum Gasteiger partial charge on any atom is -0.497 e. The Morgan fingerprint density at radius 2 is 2.00 bits per heavy atom. The Balaban J connectivity index is 1.54. The van der Waals surface area contributed by atoms with E-state index < -0.39 is 0 Å². The summed E-state index contributed by atoms with van der Waals surface area (Å²) in [6.07, 6.45) is 0. The highest BCUT2D eigenvalue weighted by Gasteiger charge is 2.22. The van der Waals surface area contributed by atoms with E-state index in [1.54, 1.807) is 18.4 Å². The van der Waals surface area contributed by atoms with Gasteiger partial charge in [-0.1, -0.05) is 12.1 Å². The number of aliphatic imine (C=N–C) groups is 1. The van der Waals surface area contributed by atoms with Gasteiger partial charge in [0.05, 0.1) is 18.5 Å². The molecular formula is C18H17N3OS. The van der Waals surface area contributed by atoms with Crippen LogP contribution >= 0.6 is 11.3 Å². The second kappa shape index (κ2) is 5.66. The van der Waals surface area contributed by atoms with Crippen molar-refractivity contribution in [1.82, 2.24) is 10.3 Å². The van der Waals surface area contributed by atoms with Gasteiger partial charge in [0.15, 0.2) is 0 Å². The standard InChI is InChI=1S/C18H17N3OS/c1-11-3-8-14-15-10-20-17(16(15)23-18(14)21-11)19-9-12-4-6-13(22-2)7-5-12/h3-8H,9-10H2,1-2H3,(H,19,20). The van der Waals surface area contributed by atoms with Crippen LogP contribution < -0.4 is 10.1 Å². The molecule has 0 aliphatic carbocycles. The zero-order chi connectivity index (χ0) is 15.8. The molecule has 1 aliphatic rings. The van der Waals surface area contributed by atoms with Gasteiger partial charge >= 0.3 is 0 Å². The Hall–Kier alpha value is -2.40. The van der Waals surface area contributed by atoms with Crippen LogP contribution in [0.3, 0.4) is 0 Å². The van der Waals surface area contributed by atoms with Crippen molar-refractivity contribution in [3.8, 4) is 5.75 Å². The first kappa shape index (κ1) is 14.2. The summed E-state index contributed by atoms with van der Waals surface area (Å²) >= 11 is 1.73. The molecule has 0 radical (unpaired) electrons. The number of aryl methyl sites for hydroxylation is 1. The molecule has 116 valence electrons. The Kier molecular flexibility index (Phi) is 3.50. The van der Waals surface area contributed by atoms with Crippen LogP contribution in [-0.4, -0.2) is 17.9 Å². The lowest BCUT2D eigenvalue weighted by atomic mass is 10.2. The first-order valence-electron chi connectivity index (χ1n) is 7.55. The fourth-order valence-electron chi connectivity index (χ4n) is 2.76. The fourth-order valence-corrected chi connectivity index (χ4v) is 3.98. The molecule has 5 heteroatoms. The van der Waals surface area contributed by atoms with E-state index in [-0.39, 0.29) is 0 Å². The number of pyridine rings is 1. The SMILES string of the molecule is COc1ccc(CNC2=NCc3c2sc2nc(C)ccc32)cc1. The lowest BCUT2D eigenvalue weighted by Crippen LogP contribution is -2.21. The number of fused-ring (bicyclic) bond motifs is 3. The van der Waals surface area contributed by atoms with E-state index >= 15 is 0 Å². The van der Waals surface area contributed by atoms with Gasteiger partial charge in [0.25, 0.3) is 0 Å². The molecule has 1 N–H and O–H groups in total. The third kappa shape index (κ3) is 2.57. The van der Waals surface area contributed by atoms with Gasteiger partial charge in [-0.15, -0.1) is 11.3 Å². The molecule has 0 fully saturated rings. The summed E-state index contributed by atoms with van der Waals surface area (Å²) in [5.41, 5.74) is 3.56. The Morgan fingerprint density at radius 3 is 2.78 bits per heavy atom. The quantitative estimate of drug-likeness (QED) is 0.800. The highest BCUT2D eigenvalue weighted by molar-refractivity contribution is 7.20. The van der Waals surface area contributed by atoms with Gasteiger partial charge in [0.2, 0.25) is 0 Å². The van der Waals surface area contributed by atoms with E-state index in [0.717, 1.165) is 35.2 Å². The number of benzene rings is 1. The topological polar surface area (TPSA) is 46.5 Å². The molecule has 1 aromatic carbocycles. The molecule has 3 aromatic rings. The van der Waals surface area contributed by atoms with Crippen molar-refractivity contribution in [3.05, 3.63) is 58.1 Å². The van der Waals surface area contributed by atoms with E-state index in [1.165, 1.54) is 21.4 Å². The number of nitrogens with one attached hydrogen (secondary N) is 1. The van der Waals surface area contributed by atoms with Crippen LogP contribution in [0.5, 0.6) is 5.75 Å². The summed E-state index contributed by atoms with van der Waals surface area (Å²) in [4.78, 5) is 11.6. The van der Waals surface area contributed by atoms with Gasteiger partial charge in [0.1, 0.15) is 16.4 Å². The number of amidine groups is 1. The number of rotatable bonds is 3. The zero-order valence-electron chi connectivity index (χ0n) is 13.1. The lowest BCUT2D eigenvalue weighted by molar-refractivity contribution is 0.414. The van der Waals surface area contributed by atoms with E-state index in [4.69, 9.17) is 4.74 Å². The summed E-state index contributed by atoms with van der Waals surface area (Å²) in [6, 6.07) is 12.3. The molecule has 0 saturated heterocycles. The number of nitrogens with zero attached hydrogens (tertiary/aromatic N) is 2. The van der Waals surface area contributed by atoms with Crippen LogP contribution in [0.25, 0.3) is 10.2 Å². The molecule has 0 amide bonds. The van der Waals surface area contributed by atoms with E-state index in [2.05, 4.69) is 39.6 Å². The van der Waals surface area contributed by atoms with Crippen molar-refractivity contribution >= 4 is 27.4 Å². The number of methoxy groups -OCH3 is 1. The molecule has 2 aromatic heterocycles. The van der Waals surface area contributed by atoms with Crippen LogP contribution in [0.1, 0.15) is 21.7 Å². The number of aromatic nitrogens is 1. The molecule has 0 atom stereocenters. The maximum atomic E-state index is 5.19. The van der Waals surface area contributed by atoms with Crippen LogP contribution in [0.2, 0.25) is 0 Å². The van der Waals surface area contributed by atoms with Crippen LogP contribution in [0.4, 0.5) is 0 Å². The van der Waals surface area contributed by atoms with Gasteiger partial charge < -0.3 is 10.1 Å². The lowest BCUT2D eigenvalue weighted by Gasteiger charge is -2.07. The molecular weight excluding hydrogens is 306 g/mol. The maximum absolute atomic E-state index is 5.19. The highest BCUT2D eigenvalue weighted by atomic mass is 32.1. The normalized spacial score (nSPS) is 13.0. The maximum Gasteiger partial charge on any atom is 0.139 e. The monoisotopic (exact) mass is 323 g/mol. The molecule has 23 heavy (non-hydrogen) atoms. The Labute approximate surface area is 138 Å². The van der Waals surface area contributed by atoms with Gasteiger partial charge in [-0.05, 0) is 36.8 Å². The average Bonchev–Trinajstić information content (AvgIpc) is 3.12. The van der Waals surface area contributed by atoms with Crippen molar-refractivity contribution < 1.29 is 4.74 Å². The second-order valence-corrected chi connectivity index (χ2v) is 6.58. The Bertz CT molecular complexity index is 897. The molecule has 1 aliphatic heterocycles. The molecule has 0 bridgehead atoms. The number of thiophene rings is 1. The van der Waals surface area contributed by atoms with Crippen LogP contribution in [0, 0.1) is 6.92 Å². The third-order valence-corrected chi connectivity index (χ3v) is 5.18. The first-order chi connectivity index (χ1) is 11.2. The van der Waals surface area contributed by atoms with Crippen LogP contribution in [0.15, 0.2) is 41.4 Å². The predicted octanol–water partition coefficient (Wildman–Crippen LogP) is 3.66. The predicted molar refractivity (Wildman–Crippen MR) is 94.4 cm³/mol. The minimum absolute atomic E-state index is 0.741. The minimum atomic E-state index is 0.741. The number of ether oxygens (including phenoxy) is 1. The van der Waals surface area contributed by atoms with Crippen molar-refractivity contribution in [2.75, 3.05) is 7.11 Å². The molecule has 0 saturated carbocycles. The molecule has 4 rings (SSSR count). The van der Waals surface area contributed by atoms with Crippen molar-refractivity contribution in [2.45, 2.75) is 20.0 Å². The third-order valence-electron chi connectivity index (χ3n) is 4.03. The van der Waals surface area contributed by atoms with Gasteiger partial charge in [-0.2, -0.15) is 0 Å². The molecule has 0 spiro atoms. The number of hydrogen-bond donors (Lipinski definition) is 1. The molecule has 4 nitrogen and oxygen atoms in total. The average molecular weight is 323 g/mol.